The summed E-state index contributed by atoms with van der Waals surface area (Å²) >= 11 is 0. The molecule has 1 aromatic heterocycles. The van der Waals surface area contributed by atoms with Crippen molar-refractivity contribution in [3.8, 4) is 0 Å². The third-order valence-electron chi connectivity index (χ3n) is 3.22. The zero-order valence-corrected chi connectivity index (χ0v) is 9.56. The maximum atomic E-state index is 11.6. The fourth-order valence-electron chi connectivity index (χ4n) is 2.25. The van der Waals surface area contributed by atoms with Gasteiger partial charge < -0.3 is 14.9 Å². The topological polar surface area (TPSA) is 96.9 Å². The van der Waals surface area contributed by atoms with E-state index in [-0.39, 0.29) is 18.8 Å². The lowest BCUT2D eigenvalue weighted by Crippen LogP contribution is -2.24. The smallest absolute Gasteiger partial charge is 0.173 e. The van der Waals surface area contributed by atoms with E-state index >= 15 is 0 Å². The molecule has 2 N–H and O–H groups in total. The summed E-state index contributed by atoms with van der Waals surface area (Å²) in [4.78, 5) is 15.8. The van der Waals surface area contributed by atoms with E-state index < -0.39 is 18.4 Å². The molecule has 3 rings (SSSR count). The number of nitrogens with zero attached hydrogens (tertiary/aromatic N) is 3. The van der Waals surface area contributed by atoms with Crippen molar-refractivity contribution in [3.05, 3.63) is 11.8 Å². The molecule has 3 heterocycles. The summed E-state index contributed by atoms with van der Waals surface area (Å²) in [5.41, 5.74) is 0.475. The molecule has 1 aromatic rings. The van der Waals surface area contributed by atoms with E-state index in [2.05, 4.69) is 10.1 Å². The molecule has 1 saturated heterocycles. The summed E-state index contributed by atoms with van der Waals surface area (Å²) in [5.74, 6) is 0.436. The Labute approximate surface area is 103 Å². The highest BCUT2D eigenvalue weighted by Crippen LogP contribution is 2.34. The van der Waals surface area contributed by atoms with E-state index in [1.807, 2.05) is 0 Å². The van der Waals surface area contributed by atoms with Gasteiger partial charge >= 0.3 is 0 Å². The molecular formula is C11H13N3O4. The molecule has 7 heteroatoms. The summed E-state index contributed by atoms with van der Waals surface area (Å²) in [6, 6.07) is 0. The van der Waals surface area contributed by atoms with Crippen LogP contribution < -0.4 is 0 Å². The molecular weight excluding hydrogens is 238 g/mol. The van der Waals surface area contributed by atoms with Gasteiger partial charge in [0.1, 0.15) is 6.10 Å². The molecule has 0 amide bonds. The predicted molar refractivity (Wildman–Crippen MR) is 60.9 cm³/mol. The lowest BCUT2D eigenvalue weighted by atomic mass is 10.1. The largest absolute Gasteiger partial charge is 0.394 e. The molecule has 2 aliphatic heterocycles. The van der Waals surface area contributed by atoms with Crippen molar-refractivity contribution in [1.82, 2.24) is 9.78 Å². The van der Waals surface area contributed by atoms with E-state index in [0.717, 1.165) is 0 Å². The Bertz CT molecular complexity index is 510. The molecule has 18 heavy (non-hydrogen) atoms. The number of aliphatic hydroxyl groups excluding tert-OH is 2. The first-order valence-electron chi connectivity index (χ1n) is 5.78. The second-order valence-electron chi connectivity index (χ2n) is 4.38. The first-order valence-corrected chi connectivity index (χ1v) is 5.78. The highest BCUT2D eigenvalue weighted by Gasteiger charge is 2.36. The highest BCUT2D eigenvalue weighted by atomic mass is 16.5. The van der Waals surface area contributed by atoms with Crippen molar-refractivity contribution >= 4 is 17.8 Å². The number of aromatic nitrogens is 2. The fourth-order valence-corrected chi connectivity index (χ4v) is 2.25. The Kier molecular flexibility index (Phi) is 2.73. The van der Waals surface area contributed by atoms with E-state index in [1.165, 1.54) is 17.1 Å². The number of carbonyl (C=O) groups excluding carboxylic acids is 1. The Balaban J connectivity index is 1.91. The van der Waals surface area contributed by atoms with Crippen LogP contribution in [-0.2, 0) is 4.74 Å². The molecule has 0 saturated carbocycles. The summed E-state index contributed by atoms with van der Waals surface area (Å²) in [7, 11) is 0. The molecule has 2 aliphatic rings. The number of aliphatic imine (C=N–C) groups is 1. The molecule has 0 spiro atoms. The van der Waals surface area contributed by atoms with Crippen LogP contribution in [0.4, 0.5) is 5.82 Å². The van der Waals surface area contributed by atoms with Crippen LogP contribution in [0.25, 0.3) is 0 Å². The minimum Gasteiger partial charge on any atom is -0.394 e. The third-order valence-corrected chi connectivity index (χ3v) is 3.22. The molecule has 1 fully saturated rings. The first kappa shape index (κ1) is 11.5. The molecule has 0 aliphatic carbocycles. The Hall–Kier alpha value is -1.57. The third kappa shape index (κ3) is 1.67. The standard InChI is InChI=1S/C11H13N3O4/c15-5-9-8(17)3-10(18-9)14-11-6(4-13-14)7(16)1-2-12-11/h2,4,8-10,15,17H,1,3,5H2/t8-,9+,10+/m0/s1. The van der Waals surface area contributed by atoms with Gasteiger partial charge in [0.15, 0.2) is 17.8 Å². The van der Waals surface area contributed by atoms with Crippen molar-refractivity contribution in [2.75, 3.05) is 6.61 Å². The Morgan fingerprint density at radius 2 is 2.39 bits per heavy atom. The Morgan fingerprint density at radius 1 is 1.56 bits per heavy atom. The number of ketones is 1. The minimum absolute atomic E-state index is 0.0245. The number of Topliss-reactive ketones (excluding diaryl/α,β-unsaturated/α-hetero) is 1. The number of hydrogen-bond donors (Lipinski definition) is 2. The zero-order chi connectivity index (χ0) is 12.7. The lowest BCUT2D eigenvalue weighted by Gasteiger charge is -2.14. The van der Waals surface area contributed by atoms with Crippen molar-refractivity contribution in [1.29, 1.82) is 0 Å². The number of ether oxygens (including phenoxy) is 1. The number of aliphatic hydroxyl groups is 2. The van der Waals surface area contributed by atoms with Crippen molar-refractivity contribution in [2.45, 2.75) is 31.3 Å². The van der Waals surface area contributed by atoms with Crippen molar-refractivity contribution in [3.63, 3.8) is 0 Å². The van der Waals surface area contributed by atoms with Crippen molar-refractivity contribution < 1.29 is 19.7 Å². The quantitative estimate of drug-likeness (QED) is 0.759. The molecule has 3 atom stereocenters. The van der Waals surface area contributed by atoms with Crippen LogP contribution in [0.15, 0.2) is 11.2 Å². The molecule has 96 valence electrons. The number of hydrogen-bond acceptors (Lipinski definition) is 6. The van der Waals surface area contributed by atoms with Gasteiger partial charge in [-0.05, 0) is 0 Å². The van der Waals surface area contributed by atoms with Gasteiger partial charge in [-0.2, -0.15) is 5.10 Å². The predicted octanol–water partition coefficient (Wildman–Crippen LogP) is -0.187. The van der Waals surface area contributed by atoms with Gasteiger partial charge in [-0.1, -0.05) is 0 Å². The highest BCUT2D eigenvalue weighted by molar-refractivity contribution is 6.09. The van der Waals surface area contributed by atoms with Crippen LogP contribution in [0.2, 0.25) is 0 Å². The minimum atomic E-state index is -0.733. The van der Waals surface area contributed by atoms with Gasteiger partial charge in [0, 0.05) is 19.1 Å². The summed E-state index contributed by atoms with van der Waals surface area (Å²) in [6.45, 7) is -0.247. The summed E-state index contributed by atoms with van der Waals surface area (Å²) in [6.07, 6.45) is 1.77. The molecule has 0 bridgehead atoms. The van der Waals surface area contributed by atoms with Crippen LogP contribution in [0.3, 0.4) is 0 Å². The monoisotopic (exact) mass is 251 g/mol. The SMILES string of the molecule is O=C1CC=Nc2c1cnn2[C@H]1C[C@H](O)[C@@H](CO)O1. The molecule has 0 aromatic carbocycles. The van der Waals surface area contributed by atoms with Gasteiger partial charge in [0.2, 0.25) is 0 Å². The average molecular weight is 251 g/mol. The number of rotatable bonds is 2. The van der Waals surface area contributed by atoms with Crippen molar-refractivity contribution in [2.24, 2.45) is 4.99 Å². The van der Waals surface area contributed by atoms with Gasteiger partial charge in [-0.25, -0.2) is 9.67 Å². The number of fused-ring (bicyclic) bond motifs is 1. The van der Waals surface area contributed by atoms with E-state index in [4.69, 9.17) is 9.84 Å². The maximum Gasteiger partial charge on any atom is 0.173 e. The van der Waals surface area contributed by atoms with E-state index in [0.29, 0.717) is 17.8 Å². The van der Waals surface area contributed by atoms with Crippen LogP contribution in [0.1, 0.15) is 29.4 Å². The van der Waals surface area contributed by atoms with Gasteiger partial charge in [-0.15, -0.1) is 0 Å². The lowest BCUT2D eigenvalue weighted by molar-refractivity contribution is -0.0477. The van der Waals surface area contributed by atoms with Crippen LogP contribution in [-0.4, -0.2) is 50.8 Å². The molecule has 7 nitrogen and oxygen atoms in total. The second kappa shape index (κ2) is 4.27. The number of carbonyl (C=O) groups is 1. The zero-order valence-electron chi connectivity index (χ0n) is 9.56. The van der Waals surface area contributed by atoms with Crippen LogP contribution in [0, 0.1) is 0 Å². The average Bonchev–Trinajstić information content (AvgIpc) is 2.93. The summed E-state index contributed by atoms with van der Waals surface area (Å²) in [5, 5.41) is 22.8. The van der Waals surface area contributed by atoms with Crippen LogP contribution >= 0.6 is 0 Å². The van der Waals surface area contributed by atoms with E-state index in [1.54, 1.807) is 0 Å². The van der Waals surface area contributed by atoms with Crippen LogP contribution in [0.5, 0.6) is 0 Å². The fraction of sp³-hybridized carbons (Fsp3) is 0.545. The maximum absolute atomic E-state index is 11.6. The summed E-state index contributed by atoms with van der Waals surface area (Å²) < 4.78 is 6.97. The van der Waals surface area contributed by atoms with E-state index in [9.17, 15) is 9.90 Å². The second-order valence-corrected chi connectivity index (χ2v) is 4.38. The molecule has 0 radical (unpaired) electrons. The Morgan fingerprint density at radius 3 is 3.11 bits per heavy atom. The van der Waals surface area contributed by atoms with Gasteiger partial charge in [0.05, 0.1) is 24.5 Å². The van der Waals surface area contributed by atoms with Gasteiger partial charge in [0.25, 0.3) is 0 Å². The normalized spacial score (nSPS) is 30.8. The molecule has 0 unspecified atom stereocenters. The first-order chi connectivity index (χ1) is 8.70. The van der Waals surface area contributed by atoms with Gasteiger partial charge in [-0.3, -0.25) is 4.79 Å².